The SMILES string of the molecule is COC(=O)C1COCCN1Cc1cccc(O)c1. The molecule has 0 bridgehead atoms. The molecule has 0 spiro atoms. The number of carbonyl (C=O) groups excluding carboxylic acids is 1. The van der Waals surface area contributed by atoms with Crippen molar-refractivity contribution in [2.24, 2.45) is 0 Å². The highest BCUT2D eigenvalue weighted by Crippen LogP contribution is 2.16. The summed E-state index contributed by atoms with van der Waals surface area (Å²) in [7, 11) is 1.38. The van der Waals surface area contributed by atoms with Gasteiger partial charge in [-0.3, -0.25) is 9.69 Å². The molecule has 1 heterocycles. The Morgan fingerprint density at radius 2 is 2.44 bits per heavy atom. The number of phenolic OH excluding ortho intramolecular Hbond substituents is 1. The minimum atomic E-state index is -0.369. The van der Waals surface area contributed by atoms with Gasteiger partial charge in [0.1, 0.15) is 11.8 Å². The zero-order valence-corrected chi connectivity index (χ0v) is 10.3. The van der Waals surface area contributed by atoms with Crippen LogP contribution in [0.5, 0.6) is 5.75 Å². The number of aromatic hydroxyl groups is 1. The number of phenols is 1. The van der Waals surface area contributed by atoms with Crippen molar-refractivity contribution >= 4 is 5.97 Å². The molecule has 1 aliphatic rings. The lowest BCUT2D eigenvalue weighted by Gasteiger charge is -2.33. The number of esters is 1. The summed E-state index contributed by atoms with van der Waals surface area (Å²) in [4.78, 5) is 13.6. The fourth-order valence-corrected chi connectivity index (χ4v) is 2.07. The summed E-state index contributed by atoms with van der Waals surface area (Å²) in [5.74, 6) is -0.0507. The molecule has 2 rings (SSSR count). The van der Waals surface area contributed by atoms with Gasteiger partial charge in [-0.15, -0.1) is 0 Å². The van der Waals surface area contributed by atoms with E-state index in [9.17, 15) is 9.90 Å². The highest BCUT2D eigenvalue weighted by Gasteiger charge is 2.30. The molecule has 1 saturated heterocycles. The third kappa shape index (κ3) is 3.00. The first-order valence-electron chi connectivity index (χ1n) is 5.88. The number of morpholine rings is 1. The fraction of sp³-hybridized carbons (Fsp3) is 0.462. The van der Waals surface area contributed by atoms with Gasteiger partial charge >= 0.3 is 5.97 Å². The molecule has 0 amide bonds. The molecule has 1 aliphatic heterocycles. The Bertz CT molecular complexity index is 421. The third-order valence-electron chi connectivity index (χ3n) is 3.01. The number of methoxy groups -OCH3 is 1. The molecule has 1 fully saturated rings. The van der Waals surface area contributed by atoms with Crippen LogP contribution in [0, 0.1) is 0 Å². The van der Waals surface area contributed by atoms with E-state index in [0.29, 0.717) is 26.3 Å². The van der Waals surface area contributed by atoms with Crippen LogP contribution in [-0.4, -0.2) is 48.9 Å². The van der Waals surface area contributed by atoms with Crippen LogP contribution in [-0.2, 0) is 20.8 Å². The number of rotatable bonds is 3. The molecule has 0 saturated carbocycles. The average Bonchev–Trinajstić information content (AvgIpc) is 2.38. The van der Waals surface area contributed by atoms with Crippen molar-refractivity contribution in [3.63, 3.8) is 0 Å². The van der Waals surface area contributed by atoms with Gasteiger partial charge in [-0.25, -0.2) is 0 Å². The number of nitrogens with zero attached hydrogens (tertiary/aromatic N) is 1. The van der Waals surface area contributed by atoms with Crippen molar-refractivity contribution in [2.45, 2.75) is 12.6 Å². The minimum Gasteiger partial charge on any atom is -0.508 e. The molecule has 1 unspecified atom stereocenters. The van der Waals surface area contributed by atoms with E-state index in [1.165, 1.54) is 7.11 Å². The Kier molecular flexibility index (Phi) is 4.17. The van der Waals surface area contributed by atoms with Crippen molar-refractivity contribution in [2.75, 3.05) is 26.9 Å². The first-order valence-corrected chi connectivity index (χ1v) is 5.88. The van der Waals surface area contributed by atoms with Crippen LogP contribution in [0.3, 0.4) is 0 Å². The highest BCUT2D eigenvalue weighted by atomic mass is 16.5. The second-order valence-corrected chi connectivity index (χ2v) is 4.25. The minimum absolute atomic E-state index is 0.232. The maximum Gasteiger partial charge on any atom is 0.325 e. The third-order valence-corrected chi connectivity index (χ3v) is 3.01. The first kappa shape index (κ1) is 12.9. The van der Waals surface area contributed by atoms with Crippen LogP contribution < -0.4 is 0 Å². The number of hydrogen-bond donors (Lipinski definition) is 1. The zero-order valence-electron chi connectivity index (χ0n) is 10.3. The smallest absolute Gasteiger partial charge is 0.325 e. The number of benzene rings is 1. The Morgan fingerprint density at radius 1 is 1.61 bits per heavy atom. The summed E-state index contributed by atoms with van der Waals surface area (Å²) in [6, 6.07) is 6.66. The number of carbonyl (C=O) groups is 1. The molecule has 1 aromatic rings. The van der Waals surface area contributed by atoms with E-state index in [0.717, 1.165) is 5.56 Å². The molecule has 18 heavy (non-hydrogen) atoms. The van der Waals surface area contributed by atoms with Crippen LogP contribution in [0.15, 0.2) is 24.3 Å². The lowest BCUT2D eigenvalue weighted by Crippen LogP contribution is -2.49. The lowest BCUT2D eigenvalue weighted by molar-refractivity contribution is -0.153. The largest absolute Gasteiger partial charge is 0.508 e. The standard InChI is InChI=1S/C13H17NO4/c1-17-13(16)12-9-18-6-5-14(12)8-10-3-2-4-11(15)7-10/h2-4,7,12,15H,5-6,8-9H2,1H3. The Morgan fingerprint density at radius 3 is 3.17 bits per heavy atom. The molecule has 5 nitrogen and oxygen atoms in total. The van der Waals surface area contributed by atoms with E-state index in [1.54, 1.807) is 18.2 Å². The topological polar surface area (TPSA) is 59.0 Å². The van der Waals surface area contributed by atoms with E-state index in [-0.39, 0.29) is 17.8 Å². The lowest BCUT2D eigenvalue weighted by atomic mass is 10.1. The summed E-state index contributed by atoms with van der Waals surface area (Å²) < 4.78 is 10.1. The summed E-state index contributed by atoms with van der Waals surface area (Å²) in [6.45, 7) is 2.23. The molecule has 5 heteroatoms. The Balaban J connectivity index is 2.07. The molecule has 1 atom stereocenters. The monoisotopic (exact) mass is 251 g/mol. The predicted octanol–water partition coefficient (Wildman–Crippen LogP) is 0.766. The Labute approximate surface area is 106 Å². The second kappa shape index (κ2) is 5.84. The van der Waals surface area contributed by atoms with Crippen LogP contribution >= 0.6 is 0 Å². The quantitative estimate of drug-likeness (QED) is 0.804. The van der Waals surface area contributed by atoms with Crippen molar-refractivity contribution in [1.29, 1.82) is 0 Å². The van der Waals surface area contributed by atoms with Gasteiger partial charge in [0.25, 0.3) is 0 Å². The normalized spacial score (nSPS) is 20.6. The van der Waals surface area contributed by atoms with E-state index in [1.807, 2.05) is 11.0 Å². The molecular formula is C13H17NO4. The molecule has 1 aromatic carbocycles. The van der Waals surface area contributed by atoms with Gasteiger partial charge in [0.2, 0.25) is 0 Å². The van der Waals surface area contributed by atoms with Gasteiger partial charge in [0.05, 0.1) is 20.3 Å². The maximum atomic E-state index is 11.6. The van der Waals surface area contributed by atoms with Crippen molar-refractivity contribution in [3.05, 3.63) is 29.8 Å². The van der Waals surface area contributed by atoms with E-state index >= 15 is 0 Å². The van der Waals surface area contributed by atoms with Gasteiger partial charge in [-0.05, 0) is 17.7 Å². The second-order valence-electron chi connectivity index (χ2n) is 4.25. The summed E-state index contributed by atoms with van der Waals surface area (Å²) in [6.07, 6.45) is 0. The number of hydrogen-bond acceptors (Lipinski definition) is 5. The molecule has 98 valence electrons. The summed E-state index contributed by atoms with van der Waals surface area (Å²) in [5, 5.41) is 9.43. The van der Waals surface area contributed by atoms with Gasteiger partial charge in [0.15, 0.2) is 0 Å². The zero-order chi connectivity index (χ0) is 13.0. The van der Waals surface area contributed by atoms with Crippen LogP contribution in [0.1, 0.15) is 5.56 Å². The Hall–Kier alpha value is -1.59. The predicted molar refractivity (Wildman–Crippen MR) is 65.1 cm³/mol. The van der Waals surface area contributed by atoms with Crippen LogP contribution in [0.25, 0.3) is 0 Å². The van der Waals surface area contributed by atoms with Gasteiger partial charge in [-0.1, -0.05) is 12.1 Å². The van der Waals surface area contributed by atoms with Crippen molar-refractivity contribution in [1.82, 2.24) is 4.90 Å². The maximum absolute atomic E-state index is 11.6. The van der Waals surface area contributed by atoms with Gasteiger partial charge in [0, 0.05) is 13.1 Å². The summed E-state index contributed by atoms with van der Waals surface area (Å²) in [5.41, 5.74) is 0.964. The molecule has 0 aliphatic carbocycles. The van der Waals surface area contributed by atoms with Crippen LogP contribution in [0.2, 0.25) is 0 Å². The molecular weight excluding hydrogens is 234 g/mol. The highest BCUT2D eigenvalue weighted by molar-refractivity contribution is 5.75. The van der Waals surface area contributed by atoms with Crippen LogP contribution in [0.4, 0.5) is 0 Å². The van der Waals surface area contributed by atoms with Gasteiger partial charge < -0.3 is 14.6 Å². The molecule has 0 radical (unpaired) electrons. The number of ether oxygens (including phenoxy) is 2. The van der Waals surface area contributed by atoms with Gasteiger partial charge in [-0.2, -0.15) is 0 Å². The van der Waals surface area contributed by atoms with E-state index in [4.69, 9.17) is 9.47 Å². The van der Waals surface area contributed by atoms with Crippen molar-refractivity contribution in [3.8, 4) is 5.75 Å². The summed E-state index contributed by atoms with van der Waals surface area (Å²) >= 11 is 0. The van der Waals surface area contributed by atoms with E-state index in [2.05, 4.69) is 0 Å². The molecule has 0 aromatic heterocycles. The fourth-order valence-electron chi connectivity index (χ4n) is 2.07. The average molecular weight is 251 g/mol. The van der Waals surface area contributed by atoms with Crippen molar-refractivity contribution < 1.29 is 19.4 Å². The van der Waals surface area contributed by atoms with E-state index < -0.39 is 0 Å². The first-order chi connectivity index (χ1) is 8.70. The molecule has 1 N–H and O–H groups in total.